The van der Waals surface area contributed by atoms with Crippen LogP contribution in [0.15, 0.2) is 18.2 Å². The first-order valence-electron chi connectivity index (χ1n) is 7.51. The van der Waals surface area contributed by atoms with Gasteiger partial charge in [-0.1, -0.05) is 6.07 Å². The average molecular weight is 326 g/mol. The third-order valence-corrected chi connectivity index (χ3v) is 4.01. The smallest absolute Gasteiger partial charge is 0.222 e. The minimum Gasteiger partial charge on any atom is -0.388 e. The lowest BCUT2D eigenvalue weighted by Crippen LogP contribution is -2.48. The Morgan fingerprint density at radius 2 is 1.91 bits per heavy atom. The molecule has 126 valence electrons. The highest BCUT2D eigenvalue weighted by Gasteiger charge is 2.34. The molecule has 0 aliphatic heterocycles. The zero-order valence-electron chi connectivity index (χ0n) is 12.9. The zero-order valence-corrected chi connectivity index (χ0v) is 12.9. The first kappa shape index (κ1) is 17.3. The Morgan fingerprint density at radius 1 is 1.30 bits per heavy atom. The number of hydrogen-bond donors (Lipinski definition) is 3. The number of carbonyl (C=O) groups is 2. The molecular weight excluding hydrogens is 306 g/mol. The Bertz CT molecular complexity index is 583. The topological polar surface area (TPSA) is 78.4 Å². The molecule has 1 aliphatic carbocycles. The van der Waals surface area contributed by atoms with Crippen molar-refractivity contribution in [2.24, 2.45) is 0 Å². The van der Waals surface area contributed by atoms with Gasteiger partial charge < -0.3 is 15.7 Å². The van der Waals surface area contributed by atoms with Gasteiger partial charge in [0.15, 0.2) is 0 Å². The van der Waals surface area contributed by atoms with Crippen molar-refractivity contribution >= 4 is 11.8 Å². The van der Waals surface area contributed by atoms with E-state index in [1.165, 1.54) is 13.0 Å². The van der Waals surface area contributed by atoms with Crippen molar-refractivity contribution in [3.8, 4) is 0 Å². The Balaban J connectivity index is 2.06. The van der Waals surface area contributed by atoms with E-state index in [2.05, 4.69) is 10.6 Å². The van der Waals surface area contributed by atoms with Crippen LogP contribution in [0, 0.1) is 11.6 Å². The van der Waals surface area contributed by atoms with E-state index in [0.29, 0.717) is 12.8 Å². The monoisotopic (exact) mass is 326 g/mol. The molecule has 1 fully saturated rings. The molecule has 1 aromatic carbocycles. The van der Waals surface area contributed by atoms with Crippen LogP contribution in [0.4, 0.5) is 8.78 Å². The highest BCUT2D eigenvalue weighted by molar-refractivity contribution is 5.79. The van der Waals surface area contributed by atoms with E-state index in [0.717, 1.165) is 18.6 Å². The number of aliphatic hydroxyl groups is 1. The maximum absolute atomic E-state index is 13.9. The Hall–Kier alpha value is -2.02. The lowest BCUT2D eigenvalue weighted by atomic mass is 9.80. The van der Waals surface area contributed by atoms with Crippen LogP contribution in [0.5, 0.6) is 0 Å². The summed E-state index contributed by atoms with van der Waals surface area (Å²) in [6.07, 6.45) is 1.82. The van der Waals surface area contributed by atoms with Crippen LogP contribution in [0.1, 0.15) is 44.2 Å². The zero-order chi connectivity index (χ0) is 17.0. The van der Waals surface area contributed by atoms with Crippen molar-refractivity contribution in [2.45, 2.75) is 44.2 Å². The molecule has 0 radical (unpaired) electrons. The predicted octanol–water partition coefficient (Wildman–Crippen LogP) is 1.56. The van der Waals surface area contributed by atoms with Gasteiger partial charge in [-0.05, 0) is 31.4 Å². The van der Waals surface area contributed by atoms with Crippen molar-refractivity contribution < 1.29 is 23.5 Å². The van der Waals surface area contributed by atoms with Crippen LogP contribution >= 0.6 is 0 Å². The fraction of sp³-hybridized carbons (Fsp3) is 0.500. The minimum atomic E-state index is -1.11. The van der Waals surface area contributed by atoms with Gasteiger partial charge in [0.1, 0.15) is 11.6 Å². The second kappa shape index (κ2) is 7.04. The van der Waals surface area contributed by atoms with Crippen molar-refractivity contribution in [3.63, 3.8) is 0 Å². The number of halogens is 2. The lowest BCUT2D eigenvalue weighted by Gasteiger charge is -2.36. The molecule has 0 heterocycles. The molecule has 0 bridgehead atoms. The molecule has 3 N–H and O–H groups in total. The molecule has 1 aliphatic rings. The molecule has 2 amide bonds. The summed E-state index contributed by atoms with van der Waals surface area (Å²) in [6, 6.07) is 2.25. The van der Waals surface area contributed by atoms with E-state index in [9.17, 15) is 23.5 Å². The van der Waals surface area contributed by atoms with Crippen LogP contribution in [-0.2, 0) is 9.59 Å². The van der Waals surface area contributed by atoms with Crippen LogP contribution in [0.2, 0.25) is 0 Å². The summed E-state index contributed by atoms with van der Waals surface area (Å²) in [4.78, 5) is 23.3. The Labute approximate surface area is 133 Å². The third-order valence-electron chi connectivity index (χ3n) is 4.01. The highest BCUT2D eigenvalue weighted by atomic mass is 19.1. The van der Waals surface area contributed by atoms with E-state index in [1.54, 1.807) is 0 Å². The van der Waals surface area contributed by atoms with Gasteiger partial charge in [-0.15, -0.1) is 0 Å². The molecule has 23 heavy (non-hydrogen) atoms. The lowest BCUT2D eigenvalue weighted by molar-refractivity contribution is -0.124. The Morgan fingerprint density at radius 3 is 2.39 bits per heavy atom. The maximum atomic E-state index is 13.9. The van der Waals surface area contributed by atoms with Crippen LogP contribution in [0.3, 0.4) is 0 Å². The first-order valence-corrected chi connectivity index (χ1v) is 7.51. The van der Waals surface area contributed by atoms with Gasteiger partial charge in [0.25, 0.3) is 0 Å². The number of rotatable bonds is 6. The molecule has 5 nitrogen and oxygen atoms in total. The standard InChI is InChI=1S/C16H20F2N2O3/c1-10(21)20-13(15-11(17)4-2-5-12(15)18)8-14(22)19-9-16(23)6-3-7-16/h2,4-5,13,23H,3,6-9H2,1H3,(H,19,22)(H,20,21). The minimum absolute atomic E-state index is 0.0956. The molecule has 1 saturated carbocycles. The summed E-state index contributed by atoms with van der Waals surface area (Å²) in [5.74, 6) is -2.64. The third kappa shape index (κ3) is 4.48. The number of nitrogens with one attached hydrogen (secondary N) is 2. The van der Waals surface area contributed by atoms with Gasteiger partial charge in [-0.2, -0.15) is 0 Å². The SMILES string of the molecule is CC(=O)NC(CC(=O)NCC1(O)CCC1)c1c(F)cccc1F. The fourth-order valence-corrected chi connectivity index (χ4v) is 2.60. The molecule has 1 unspecified atom stereocenters. The van der Waals surface area contributed by atoms with Crippen LogP contribution in [0.25, 0.3) is 0 Å². The second-order valence-electron chi connectivity index (χ2n) is 5.95. The van der Waals surface area contributed by atoms with Crippen molar-refractivity contribution in [3.05, 3.63) is 35.4 Å². The van der Waals surface area contributed by atoms with Gasteiger partial charge in [0, 0.05) is 19.0 Å². The fourth-order valence-electron chi connectivity index (χ4n) is 2.60. The van der Waals surface area contributed by atoms with Gasteiger partial charge >= 0.3 is 0 Å². The summed E-state index contributed by atoms with van der Waals surface area (Å²) in [5, 5.41) is 14.9. The summed E-state index contributed by atoms with van der Waals surface area (Å²) < 4.78 is 27.8. The normalized spacial score (nSPS) is 17.0. The molecule has 7 heteroatoms. The Kier molecular flexibility index (Phi) is 5.30. The summed E-state index contributed by atoms with van der Waals surface area (Å²) >= 11 is 0. The van der Waals surface area contributed by atoms with Gasteiger partial charge in [0.2, 0.25) is 11.8 Å². The quantitative estimate of drug-likeness (QED) is 0.742. The molecule has 2 rings (SSSR count). The van der Waals surface area contributed by atoms with Crippen molar-refractivity contribution in [2.75, 3.05) is 6.54 Å². The predicted molar refractivity (Wildman–Crippen MR) is 79.3 cm³/mol. The van der Waals surface area contributed by atoms with E-state index < -0.39 is 35.1 Å². The van der Waals surface area contributed by atoms with E-state index >= 15 is 0 Å². The van der Waals surface area contributed by atoms with E-state index in [4.69, 9.17) is 0 Å². The van der Waals surface area contributed by atoms with Crippen LogP contribution < -0.4 is 10.6 Å². The number of amides is 2. The molecule has 1 atom stereocenters. The number of hydrogen-bond acceptors (Lipinski definition) is 3. The largest absolute Gasteiger partial charge is 0.388 e. The molecule has 0 spiro atoms. The summed E-state index contributed by atoms with van der Waals surface area (Å²) in [6.45, 7) is 1.30. The van der Waals surface area contributed by atoms with E-state index in [-0.39, 0.29) is 18.5 Å². The maximum Gasteiger partial charge on any atom is 0.222 e. The molecule has 1 aromatic rings. The summed E-state index contributed by atoms with van der Waals surface area (Å²) in [7, 11) is 0. The van der Waals surface area contributed by atoms with Gasteiger partial charge in [-0.25, -0.2) is 8.78 Å². The average Bonchev–Trinajstić information content (AvgIpc) is 2.42. The number of benzene rings is 1. The second-order valence-corrected chi connectivity index (χ2v) is 5.95. The highest BCUT2D eigenvalue weighted by Crippen LogP contribution is 2.30. The van der Waals surface area contributed by atoms with Gasteiger partial charge in [-0.3, -0.25) is 9.59 Å². The summed E-state index contributed by atoms with van der Waals surface area (Å²) in [5.41, 5.74) is -1.23. The van der Waals surface area contributed by atoms with Crippen molar-refractivity contribution in [1.29, 1.82) is 0 Å². The molecule has 0 aromatic heterocycles. The molecule has 0 saturated heterocycles. The van der Waals surface area contributed by atoms with Gasteiger partial charge in [0.05, 0.1) is 18.1 Å². The molecular formula is C16H20F2N2O3. The number of carbonyl (C=O) groups excluding carboxylic acids is 2. The van der Waals surface area contributed by atoms with E-state index in [1.807, 2.05) is 0 Å². The van der Waals surface area contributed by atoms with Crippen LogP contribution in [-0.4, -0.2) is 29.1 Å². The van der Waals surface area contributed by atoms with Crippen molar-refractivity contribution in [1.82, 2.24) is 10.6 Å². The first-order chi connectivity index (χ1) is 10.8.